The number of carboxylic acid groups (broad SMARTS) is 6. The molecule has 9 N–H and O–H groups in total. The number of unbranched alkanes of at least 4 members (excludes halogenated alkanes) is 3. The number of carbonyl (C=O) groups excluding carboxylic acids is 5. The second kappa shape index (κ2) is 34.3. The second-order valence-electron chi connectivity index (χ2n) is 19.9. The lowest BCUT2D eigenvalue weighted by Crippen LogP contribution is -2.52. The fourth-order valence-electron chi connectivity index (χ4n) is 9.26. The molecular weight excluding hydrogens is 1060 g/mol. The van der Waals surface area contributed by atoms with Crippen molar-refractivity contribution in [1.82, 2.24) is 40.5 Å². The monoisotopic (exact) mass is 1130 g/mol. The number of aromatic nitrogens is 1. The lowest BCUT2D eigenvalue weighted by atomic mass is 10.0. The third-order valence-corrected chi connectivity index (χ3v) is 13.7. The van der Waals surface area contributed by atoms with Crippen LogP contribution >= 0.6 is 0 Å². The van der Waals surface area contributed by atoms with Crippen LogP contribution in [-0.2, 0) is 49.7 Å². The van der Waals surface area contributed by atoms with Gasteiger partial charge in [0.1, 0.15) is 29.7 Å². The number of nitrogens with zero attached hydrogens (tertiary/aromatic N) is 6. The molecule has 0 saturated carbocycles. The van der Waals surface area contributed by atoms with Crippen molar-refractivity contribution in [3.63, 3.8) is 0 Å². The maximum atomic E-state index is 13.9. The fourth-order valence-corrected chi connectivity index (χ4v) is 9.26. The van der Waals surface area contributed by atoms with E-state index in [-0.39, 0.29) is 154 Å². The van der Waals surface area contributed by atoms with Crippen LogP contribution in [0, 0.1) is 0 Å². The van der Waals surface area contributed by atoms with Gasteiger partial charge in [-0.15, -0.1) is 0 Å². The van der Waals surface area contributed by atoms with Crippen molar-refractivity contribution < 1.29 is 83.4 Å². The van der Waals surface area contributed by atoms with Gasteiger partial charge in [0, 0.05) is 108 Å². The van der Waals surface area contributed by atoms with Gasteiger partial charge in [-0.05, 0) is 68.9 Å². The molecule has 0 bridgehead atoms. The highest BCUT2D eigenvalue weighted by atomic mass is 16.4. The van der Waals surface area contributed by atoms with Crippen molar-refractivity contribution in [2.24, 2.45) is 0 Å². The maximum Gasteiger partial charge on any atom is 0.326 e. The summed E-state index contributed by atoms with van der Waals surface area (Å²) in [6, 6.07) is 10.9. The molecule has 2 aromatic carbocycles. The first kappa shape index (κ1) is 65.6. The molecule has 3 aromatic rings. The van der Waals surface area contributed by atoms with Gasteiger partial charge in [-0.1, -0.05) is 55.0 Å². The summed E-state index contributed by atoms with van der Waals surface area (Å²) in [7, 11) is 0. The molecule has 4 amide bonds. The SMILES string of the molecule is CC(=O)CC[C@@H](NC(=O)N[C@H](CCCCN(C(=O)CCCCCC(=O)c1ccc(CNC(=O)CCC(C(=O)O)N2CCN(CC(=O)O)CCN(CC(=O)O)CCN(CC(=O)O)CC2)cc1)c1nccc2ccccc12)C(=O)O)C(=O)O. The van der Waals surface area contributed by atoms with Crippen LogP contribution in [0.4, 0.5) is 10.6 Å². The largest absolute Gasteiger partial charge is 0.480 e. The standard InChI is InChI=1S/C55H75N9O17/c1-37(65)14-19-43(53(77)78)59-55(81)58-42(52(75)76)11-7-8-24-64(51-41-10-6-5-9-39(41)22-23-56-51)47(68)13-4-2-3-12-45(66)40-17-15-38(16-18-40)33-57-46(67)21-20-44(54(79)80)63-31-29-61(35-49(71)72)27-25-60(34-48(69)70)26-28-62(30-32-63)36-50(73)74/h5-6,9-10,15-18,22-23,42-44H,2-4,7-8,11-14,19-21,24-36H2,1H3,(H,57,67)(H,69,70)(H,71,72)(H,73,74)(H,75,76)(H,77,78)(H,79,80)(H2,58,59,81)/t42-,43-,44?/m1/s1. The number of nitrogens with one attached hydrogen (secondary N) is 3. The van der Waals surface area contributed by atoms with Crippen molar-refractivity contribution in [1.29, 1.82) is 0 Å². The Morgan fingerprint density at radius 2 is 1.11 bits per heavy atom. The predicted molar refractivity (Wildman–Crippen MR) is 293 cm³/mol. The van der Waals surface area contributed by atoms with E-state index in [0.717, 1.165) is 10.8 Å². The lowest BCUT2D eigenvalue weighted by molar-refractivity contribution is -0.145. The number of fused-ring (bicyclic) bond motifs is 1. The Hall–Kier alpha value is -7.94. The normalized spacial score (nSPS) is 15.2. The number of benzene rings is 2. The first-order valence-corrected chi connectivity index (χ1v) is 26.9. The van der Waals surface area contributed by atoms with Crippen LogP contribution in [0.2, 0.25) is 0 Å². The Morgan fingerprint density at radius 1 is 0.568 bits per heavy atom. The molecule has 26 nitrogen and oxygen atoms in total. The van der Waals surface area contributed by atoms with E-state index < -0.39 is 65.9 Å². The molecule has 1 fully saturated rings. The van der Waals surface area contributed by atoms with E-state index in [1.54, 1.807) is 55.0 Å². The second-order valence-corrected chi connectivity index (χ2v) is 19.9. The Kier molecular flexibility index (Phi) is 27.7. The van der Waals surface area contributed by atoms with Gasteiger partial charge < -0.3 is 51.4 Å². The van der Waals surface area contributed by atoms with E-state index in [9.17, 15) is 83.4 Å². The average Bonchev–Trinajstić information content (AvgIpc) is 3.47. The number of amides is 4. The van der Waals surface area contributed by atoms with Crippen LogP contribution in [0.5, 0.6) is 0 Å². The summed E-state index contributed by atoms with van der Waals surface area (Å²) in [6.45, 7) is 1.48. The van der Waals surface area contributed by atoms with Crippen LogP contribution in [0.1, 0.15) is 99.9 Å². The quantitative estimate of drug-likeness (QED) is 0.0312. The average molecular weight is 1130 g/mol. The summed E-state index contributed by atoms with van der Waals surface area (Å²) in [5.74, 6) is -7.92. The summed E-state index contributed by atoms with van der Waals surface area (Å²) in [6.07, 6.45) is 3.40. The van der Waals surface area contributed by atoms with Gasteiger partial charge in [-0.25, -0.2) is 19.4 Å². The first-order chi connectivity index (χ1) is 38.6. The predicted octanol–water partition coefficient (Wildman–Crippen LogP) is 2.47. The summed E-state index contributed by atoms with van der Waals surface area (Å²) in [5.41, 5.74) is 1.12. The fraction of sp³-hybridized carbons (Fsp3) is 0.527. The van der Waals surface area contributed by atoms with Gasteiger partial charge in [0.15, 0.2) is 5.78 Å². The van der Waals surface area contributed by atoms with Crippen LogP contribution in [0.15, 0.2) is 60.8 Å². The van der Waals surface area contributed by atoms with E-state index in [4.69, 9.17) is 0 Å². The van der Waals surface area contributed by atoms with Crippen molar-refractivity contribution in [2.45, 2.75) is 109 Å². The van der Waals surface area contributed by atoms with Gasteiger partial charge in [0.2, 0.25) is 11.8 Å². The molecule has 0 aliphatic carbocycles. The number of rotatable bonds is 33. The van der Waals surface area contributed by atoms with Crippen LogP contribution in [0.3, 0.4) is 0 Å². The Balaban J connectivity index is 1.27. The number of aliphatic carboxylic acids is 6. The van der Waals surface area contributed by atoms with Crippen LogP contribution in [0.25, 0.3) is 10.8 Å². The van der Waals surface area contributed by atoms with Gasteiger partial charge in [0.05, 0.1) is 19.6 Å². The minimum atomic E-state index is -1.40. The van der Waals surface area contributed by atoms with Crippen molar-refractivity contribution in [3.8, 4) is 0 Å². The van der Waals surface area contributed by atoms with E-state index >= 15 is 0 Å². The summed E-state index contributed by atoms with van der Waals surface area (Å²) in [5, 5.41) is 66.9. The smallest absolute Gasteiger partial charge is 0.326 e. The van der Waals surface area contributed by atoms with Crippen LogP contribution < -0.4 is 20.9 Å². The summed E-state index contributed by atoms with van der Waals surface area (Å²) in [4.78, 5) is 148. The molecule has 26 heteroatoms. The van der Waals surface area contributed by atoms with Gasteiger partial charge >= 0.3 is 41.8 Å². The van der Waals surface area contributed by atoms with E-state index in [2.05, 4.69) is 20.9 Å². The topological polar surface area (TPSA) is 374 Å². The molecule has 1 aliphatic heterocycles. The Labute approximate surface area is 468 Å². The summed E-state index contributed by atoms with van der Waals surface area (Å²) >= 11 is 0. The number of carbonyl (C=O) groups is 11. The third-order valence-electron chi connectivity index (χ3n) is 13.7. The Bertz CT molecular complexity index is 2620. The van der Waals surface area contributed by atoms with Crippen molar-refractivity contribution in [3.05, 3.63) is 71.9 Å². The molecule has 3 atom stereocenters. The van der Waals surface area contributed by atoms with E-state index in [1.807, 2.05) is 30.3 Å². The maximum absolute atomic E-state index is 13.9. The van der Waals surface area contributed by atoms with Gasteiger partial charge in [-0.3, -0.25) is 58.1 Å². The lowest BCUT2D eigenvalue weighted by Gasteiger charge is -2.35. The number of anilines is 1. The summed E-state index contributed by atoms with van der Waals surface area (Å²) < 4.78 is 0. The first-order valence-electron chi connectivity index (χ1n) is 26.9. The van der Waals surface area contributed by atoms with Crippen molar-refractivity contribution >= 4 is 81.8 Å². The number of urea groups is 1. The van der Waals surface area contributed by atoms with Gasteiger partial charge in [-0.2, -0.15) is 0 Å². The molecule has 1 aromatic heterocycles. The number of pyridine rings is 1. The van der Waals surface area contributed by atoms with E-state index in [1.165, 1.54) is 6.92 Å². The highest BCUT2D eigenvalue weighted by molar-refractivity contribution is 6.02. The molecule has 1 unspecified atom stereocenters. The zero-order chi connectivity index (χ0) is 59.4. The number of hydrogen-bond acceptors (Lipinski definition) is 16. The molecule has 2 heterocycles. The van der Waals surface area contributed by atoms with E-state index in [0.29, 0.717) is 42.6 Å². The number of hydrogen-bond donors (Lipinski definition) is 9. The molecule has 4 rings (SSSR count). The highest BCUT2D eigenvalue weighted by Crippen LogP contribution is 2.26. The van der Waals surface area contributed by atoms with Crippen molar-refractivity contribution in [2.75, 3.05) is 83.4 Å². The molecule has 81 heavy (non-hydrogen) atoms. The van der Waals surface area contributed by atoms with Gasteiger partial charge in [0.25, 0.3) is 0 Å². The highest BCUT2D eigenvalue weighted by Gasteiger charge is 2.30. The third kappa shape index (κ3) is 24.1. The molecule has 442 valence electrons. The Morgan fingerprint density at radius 3 is 1.65 bits per heavy atom. The van der Waals surface area contributed by atoms with Crippen LogP contribution in [-0.4, -0.2) is 217 Å². The molecule has 1 aliphatic rings. The minimum absolute atomic E-state index is 0.0344. The zero-order valence-electron chi connectivity index (χ0n) is 45.5. The molecular formula is C55H75N9O17. The minimum Gasteiger partial charge on any atom is -0.480 e. The zero-order valence-corrected chi connectivity index (χ0v) is 45.5. The molecule has 1 saturated heterocycles. The molecule has 0 radical (unpaired) electrons. The molecule has 0 spiro atoms. The number of ketones is 2. The number of carboxylic acids is 6. The number of Topliss-reactive ketones (excluding diaryl/α,β-unsaturated/α-hetero) is 2.